The van der Waals surface area contributed by atoms with Crippen molar-refractivity contribution in [1.82, 2.24) is 0 Å². The molecule has 4 aliphatic carbocycles. The molecular weight excluding hydrogens is 420 g/mol. The van der Waals surface area contributed by atoms with Gasteiger partial charge in [0.2, 0.25) is 0 Å². The zero-order valence-electron chi connectivity index (χ0n) is 23.0. The average molecular weight is 471 g/mol. The molecule has 0 aliphatic heterocycles. The summed E-state index contributed by atoms with van der Waals surface area (Å²) >= 11 is 0. The first-order valence-corrected chi connectivity index (χ1v) is 14.0. The predicted molar refractivity (Wildman–Crippen MR) is 139 cm³/mol. The molecule has 0 spiro atoms. The number of hydrogen-bond donors (Lipinski definition) is 2. The molecule has 2 fully saturated rings. The first-order chi connectivity index (χ1) is 15.7. The molecule has 2 N–H and O–H groups in total. The lowest BCUT2D eigenvalue weighted by Crippen LogP contribution is -2.55. The maximum atomic E-state index is 12.5. The van der Waals surface area contributed by atoms with E-state index < -0.39 is 5.97 Å². The number of aliphatic hydroxyl groups excluding tert-OH is 1. The fourth-order valence-corrected chi connectivity index (χ4v) is 9.49. The molecule has 2 saturated carbocycles. The van der Waals surface area contributed by atoms with Crippen LogP contribution in [0.5, 0.6) is 0 Å². The van der Waals surface area contributed by atoms with Crippen molar-refractivity contribution in [3.8, 4) is 0 Å². The molecule has 192 valence electrons. The Labute approximate surface area is 208 Å². The standard InChI is InChI=1S/C31H50O3/c1-19(2)20(3)9-10-21(27(33)34)22-13-17-31(8)24-11-12-25-28(4,5)26(32)15-16-29(25,6)23(24)14-18-30(22,31)7/h19,21-22,25-26,32H,3,9-18H2,1-2,4-8H3,(H,33,34)/t21-,22?,25+,26?,29-,30-,31+/m1/s1. The largest absolute Gasteiger partial charge is 0.481 e. The predicted octanol–water partition coefficient (Wildman–Crippen LogP) is 7.79. The van der Waals surface area contributed by atoms with Gasteiger partial charge in [0.05, 0.1) is 12.0 Å². The summed E-state index contributed by atoms with van der Waals surface area (Å²) in [6.45, 7) is 20.5. The Balaban J connectivity index is 1.67. The van der Waals surface area contributed by atoms with Gasteiger partial charge in [-0.3, -0.25) is 4.79 Å². The second kappa shape index (κ2) is 8.49. The molecule has 0 amide bonds. The van der Waals surface area contributed by atoms with Crippen LogP contribution in [0.4, 0.5) is 0 Å². The SMILES string of the molecule is C=C(CC[C@@H](C(=O)O)C1CC[C@@]2(C)C3=C(CC[C@]12C)[C@@]1(C)CCC(O)C(C)(C)[C@@H]1CC3)C(C)C. The van der Waals surface area contributed by atoms with Crippen LogP contribution in [-0.4, -0.2) is 22.3 Å². The minimum absolute atomic E-state index is 0.0426. The van der Waals surface area contributed by atoms with E-state index in [-0.39, 0.29) is 39.6 Å². The number of carboxylic acid groups (broad SMARTS) is 1. The maximum Gasteiger partial charge on any atom is 0.306 e. The Bertz CT molecular complexity index is 881. The lowest BCUT2D eigenvalue weighted by atomic mass is 9.43. The zero-order valence-corrected chi connectivity index (χ0v) is 23.0. The van der Waals surface area contributed by atoms with Crippen LogP contribution in [0.2, 0.25) is 0 Å². The van der Waals surface area contributed by atoms with Crippen molar-refractivity contribution in [2.75, 3.05) is 0 Å². The van der Waals surface area contributed by atoms with Gasteiger partial charge in [0.15, 0.2) is 0 Å². The van der Waals surface area contributed by atoms with Gasteiger partial charge < -0.3 is 10.2 Å². The summed E-state index contributed by atoms with van der Waals surface area (Å²) < 4.78 is 0. The topological polar surface area (TPSA) is 57.5 Å². The van der Waals surface area contributed by atoms with Crippen molar-refractivity contribution in [2.24, 2.45) is 45.3 Å². The van der Waals surface area contributed by atoms with E-state index in [1.165, 1.54) is 5.57 Å². The van der Waals surface area contributed by atoms with Crippen LogP contribution >= 0.6 is 0 Å². The molecule has 0 aromatic carbocycles. The molecule has 0 heterocycles. The van der Waals surface area contributed by atoms with E-state index in [0.717, 1.165) is 64.2 Å². The lowest BCUT2D eigenvalue weighted by Gasteiger charge is -2.62. The molecular formula is C31H50O3. The van der Waals surface area contributed by atoms with Crippen LogP contribution in [0.3, 0.4) is 0 Å². The van der Waals surface area contributed by atoms with E-state index >= 15 is 0 Å². The number of carbonyl (C=O) groups is 1. The monoisotopic (exact) mass is 470 g/mol. The highest BCUT2D eigenvalue weighted by Crippen LogP contribution is 2.72. The van der Waals surface area contributed by atoms with Gasteiger partial charge in [0.1, 0.15) is 0 Å². The third-order valence-corrected chi connectivity index (χ3v) is 12.2. The quantitative estimate of drug-likeness (QED) is 0.389. The second-order valence-corrected chi connectivity index (χ2v) is 14.0. The first kappa shape index (κ1) is 26.0. The molecule has 0 radical (unpaired) electrons. The van der Waals surface area contributed by atoms with Crippen molar-refractivity contribution in [1.29, 1.82) is 0 Å². The summed E-state index contributed by atoms with van der Waals surface area (Å²) in [6.07, 6.45) is 9.98. The number of allylic oxidation sites excluding steroid dienone is 3. The van der Waals surface area contributed by atoms with Gasteiger partial charge in [-0.2, -0.15) is 0 Å². The van der Waals surface area contributed by atoms with Gasteiger partial charge >= 0.3 is 5.97 Å². The first-order valence-electron chi connectivity index (χ1n) is 14.0. The highest BCUT2D eigenvalue weighted by atomic mass is 16.4. The third-order valence-electron chi connectivity index (χ3n) is 12.2. The van der Waals surface area contributed by atoms with Crippen LogP contribution in [0, 0.1) is 45.3 Å². The normalized spacial score (nSPS) is 42.1. The van der Waals surface area contributed by atoms with Crippen molar-refractivity contribution in [3.63, 3.8) is 0 Å². The third kappa shape index (κ3) is 3.58. The molecule has 34 heavy (non-hydrogen) atoms. The van der Waals surface area contributed by atoms with Gasteiger partial charge in [0.25, 0.3) is 0 Å². The molecule has 0 aromatic heterocycles. The Morgan fingerprint density at radius 2 is 1.68 bits per heavy atom. The number of aliphatic carboxylic acids is 1. The van der Waals surface area contributed by atoms with E-state index in [9.17, 15) is 15.0 Å². The number of fused-ring (bicyclic) bond motifs is 4. The highest BCUT2D eigenvalue weighted by molar-refractivity contribution is 5.70. The fraction of sp³-hybridized carbons (Fsp3) is 0.839. The van der Waals surface area contributed by atoms with E-state index in [1.54, 1.807) is 11.1 Å². The number of hydrogen-bond acceptors (Lipinski definition) is 2. The van der Waals surface area contributed by atoms with Crippen molar-refractivity contribution >= 4 is 5.97 Å². The maximum absolute atomic E-state index is 12.5. The molecule has 3 heteroatoms. The Morgan fingerprint density at radius 1 is 1.00 bits per heavy atom. The van der Waals surface area contributed by atoms with Crippen LogP contribution in [0.15, 0.2) is 23.3 Å². The summed E-state index contributed by atoms with van der Waals surface area (Å²) in [5.41, 5.74) is 4.84. The Morgan fingerprint density at radius 3 is 2.29 bits per heavy atom. The average Bonchev–Trinajstić information content (AvgIpc) is 3.02. The van der Waals surface area contributed by atoms with E-state index in [0.29, 0.717) is 11.8 Å². The van der Waals surface area contributed by atoms with Gasteiger partial charge in [-0.1, -0.05) is 71.8 Å². The van der Waals surface area contributed by atoms with Crippen molar-refractivity contribution in [3.05, 3.63) is 23.3 Å². The summed E-state index contributed by atoms with van der Waals surface area (Å²) in [5, 5.41) is 21.1. The zero-order chi connectivity index (χ0) is 25.3. The molecule has 2 unspecified atom stereocenters. The van der Waals surface area contributed by atoms with Crippen LogP contribution < -0.4 is 0 Å². The highest BCUT2D eigenvalue weighted by Gasteiger charge is 2.64. The van der Waals surface area contributed by atoms with E-state index in [2.05, 4.69) is 55.0 Å². The van der Waals surface area contributed by atoms with Crippen molar-refractivity contribution < 1.29 is 15.0 Å². The van der Waals surface area contributed by atoms with Gasteiger partial charge in [0, 0.05) is 0 Å². The molecule has 0 saturated heterocycles. The van der Waals surface area contributed by atoms with Gasteiger partial charge in [-0.05, 0) is 104 Å². The fourth-order valence-electron chi connectivity index (χ4n) is 9.49. The lowest BCUT2D eigenvalue weighted by molar-refractivity contribution is -0.146. The summed E-state index contributed by atoms with van der Waals surface area (Å²) in [4.78, 5) is 12.5. The van der Waals surface area contributed by atoms with Crippen LogP contribution in [0.1, 0.15) is 113 Å². The van der Waals surface area contributed by atoms with Crippen LogP contribution in [-0.2, 0) is 4.79 Å². The van der Waals surface area contributed by atoms with Gasteiger partial charge in [-0.25, -0.2) is 0 Å². The Hall–Kier alpha value is -1.09. The minimum Gasteiger partial charge on any atom is -0.481 e. The molecule has 3 nitrogen and oxygen atoms in total. The van der Waals surface area contributed by atoms with Crippen molar-refractivity contribution in [2.45, 2.75) is 119 Å². The number of carboxylic acids is 1. The molecule has 0 bridgehead atoms. The van der Waals surface area contributed by atoms with Gasteiger partial charge in [-0.15, -0.1) is 0 Å². The molecule has 0 aromatic rings. The van der Waals surface area contributed by atoms with Crippen LogP contribution in [0.25, 0.3) is 0 Å². The molecule has 7 atom stereocenters. The summed E-state index contributed by atoms with van der Waals surface area (Å²) in [5.74, 6) is 0.293. The molecule has 4 aliphatic rings. The molecule has 4 rings (SSSR count). The number of rotatable bonds is 6. The smallest absolute Gasteiger partial charge is 0.306 e. The Kier molecular flexibility index (Phi) is 6.49. The van der Waals surface area contributed by atoms with E-state index in [4.69, 9.17) is 0 Å². The summed E-state index contributed by atoms with van der Waals surface area (Å²) in [6, 6.07) is 0. The minimum atomic E-state index is -0.606. The second-order valence-electron chi connectivity index (χ2n) is 14.0. The van der Waals surface area contributed by atoms with E-state index in [1.807, 2.05) is 0 Å². The summed E-state index contributed by atoms with van der Waals surface area (Å²) in [7, 11) is 0. The number of aliphatic hydroxyl groups is 1.